The minimum absolute atomic E-state index is 0.00471. The molecule has 1 aliphatic heterocycles. The Balaban J connectivity index is 2.31. The molecule has 1 fully saturated rings. The Kier molecular flexibility index (Phi) is 4.01. The average Bonchev–Trinajstić information content (AvgIpc) is 2.69. The molecule has 0 unspecified atom stereocenters. The van der Waals surface area contributed by atoms with Crippen molar-refractivity contribution in [3.63, 3.8) is 0 Å². The van der Waals surface area contributed by atoms with Gasteiger partial charge in [-0.3, -0.25) is 14.5 Å². The van der Waals surface area contributed by atoms with Gasteiger partial charge in [-0.15, -0.1) is 6.42 Å². The molecule has 1 aliphatic rings. The lowest BCUT2D eigenvalue weighted by molar-refractivity contribution is -0.122. The number of carbonyl (C=O) groups excluding carboxylic acids is 2. The molecular weight excluding hydrogens is 278 g/mol. The number of carbonyl (C=O) groups is 2. The number of thioether (sulfide) groups is 1. The van der Waals surface area contributed by atoms with Crippen molar-refractivity contribution in [1.82, 2.24) is 4.90 Å². The van der Waals surface area contributed by atoms with Gasteiger partial charge in [-0.2, -0.15) is 0 Å². The molecule has 0 saturated carbocycles. The zero-order valence-electron chi connectivity index (χ0n) is 10.6. The summed E-state index contributed by atoms with van der Waals surface area (Å²) in [5.41, 5.74) is 0.644. The van der Waals surface area contributed by atoms with Gasteiger partial charge in [0, 0.05) is 0 Å². The summed E-state index contributed by atoms with van der Waals surface area (Å²) in [7, 11) is 1.43. The number of nitrogens with zero attached hydrogens (tertiary/aromatic N) is 1. The molecule has 0 radical (unpaired) electrons. The molecule has 0 atom stereocenters. The van der Waals surface area contributed by atoms with E-state index in [0.717, 1.165) is 16.7 Å². The van der Waals surface area contributed by atoms with Crippen LogP contribution in [0, 0.1) is 12.3 Å². The molecule has 2 amide bonds. The van der Waals surface area contributed by atoms with E-state index >= 15 is 0 Å². The lowest BCUT2D eigenvalue weighted by Gasteiger charge is -2.06. The van der Waals surface area contributed by atoms with Crippen molar-refractivity contribution >= 4 is 29.0 Å². The number of ether oxygens (including phenoxy) is 1. The molecule has 1 aromatic rings. The summed E-state index contributed by atoms with van der Waals surface area (Å²) in [6, 6.07) is 4.65. The maximum atomic E-state index is 12.0. The molecule has 6 heteroatoms. The van der Waals surface area contributed by atoms with E-state index in [9.17, 15) is 14.7 Å². The van der Waals surface area contributed by atoms with Gasteiger partial charge in [0.15, 0.2) is 11.5 Å². The van der Waals surface area contributed by atoms with Gasteiger partial charge in [-0.05, 0) is 35.5 Å². The van der Waals surface area contributed by atoms with Crippen LogP contribution in [0.2, 0.25) is 0 Å². The van der Waals surface area contributed by atoms with E-state index < -0.39 is 5.91 Å². The summed E-state index contributed by atoms with van der Waals surface area (Å²) < 4.78 is 4.98. The maximum absolute atomic E-state index is 12.0. The number of benzene rings is 1. The molecule has 0 aromatic heterocycles. The van der Waals surface area contributed by atoms with Gasteiger partial charge in [0.2, 0.25) is 0 Å². The summed E-state index contributed by atoms with van der Waals surface area (Å²) in [4.78, 5) is 24.9. The quantitative estimate of drug-likeness (QED) is 0.681. The number of hydrogen-bond donors (Lipinski definition) is 1. The number of phenols is 1. The van der Waals surface area contributed by atoms with Crippen LogP contribution in [0.15, 0.2) is 23.1 Å². The van der Waals surface area contributed by atoms with Crippen LogP contribution in [-0.4, -0.2) is 34.8 Å². The van der Waals surface area contributed by atoms with E-state index in [1.807, 2.05) is 0 Å². The Labute approximate surface area is 120 Å². The smallest absolute Gasteiger partial charge is 0.294 e. The minimum Gasteiger partial charge on any atom is -0.504 e. The van der Waals surface area contributed by atoms with E-state index in [1.54, 1.807) is 18.2 Å². The number of terminal acetylenes is 1. The first-order valence-corrected chi connectivity index (χ1v) is 6.44. The third kappa shape index (κ3) is 2.63. The van der Waals surface area contributed by atoms with Crippen LogP contribution in [-0.2, 0) is 4.79 Å². The molecule has 2 rings (SSSR count). The van der Waals surface area contributed by atoms with E-state index in [-0.39, 0.29) is 22.4 Å². The largest absolute Gasteiger partial charge is 0.504 e. The lowest BCUT2D eigenvalue weighted by Crippen LogP contribution is -2.28. The van der Waals surface area contributed by atoms with Gasteiger partial charge in [-0.1, -0.05) is 12.0 Å². The van der Waals surface area contributed by atoms with Crippen LogP contribution in [0.5, 0.6) is 11.5 Å². The monoisotopic (exact) mass is 289 g/mol. The van der Waals surface area contributed by atoms with Gasteiger partial charge in [0.05, 0.1) is 18.6 Å². The Morgan fingerprint density at radius 1 is 1.50 bits per heavy atom. The number of phenolic OH excluding ortho intramolecular Hbond substituents is 1. The van der Waals surface area contributed by atoms with Crippen molar-refractivity contribution in [3.05, 3.63) is 28.7 Å². The summed E-state index contributed by atoms with van der Waals surface area (Å²) in [6.45, 7) is -0.0408. The first kappa shape index (κ1) is 14.0. The maximum Gasteiger partial charge on any atom is 0.294 e. The Hall–Kier alpha value is -2.39. The molecule has 5 nitrogen and oxygen atoms in total. The first-order valence-electron chi connectivity index (χ1n) is 5.62. The van der Waals surface area contributed by atoms with Gasteiger partial charge in [0.1, 0.15) is 0 Å². The highest BCUT2D eigenvalue weighted by molar-refractivity contribution is 8.18. The predicted octanol–water partition coefficient (Wildman–Crippen LogP) is 2.07. The van der Waals surface area contributed by atoms with Crippen molar-refractivity contribution < 1.29 is 19.4 Å². The van der Waals surface area contributed by atoms with Crippen molar-refractivity contribution in [1.29, 1.82) is 0 Å². The summed E-state index contributed by atoms with van der Waals surface area (Å²) >= 11 is 0.834. The van der Waals surface area contributed by atoms with Crippen LogP contribution in [0.3, 0.4) is 0 Å². The van der Waals surface area contributed by atoms with E-state index in [4.69, 9.17) is 11.2 Å². The van der Waals surface area contributed by atoms with Crippen molar-refractivity contribution in [2.45, 2.75) is 0 Å². The molecule has 102 valence electrons. The number of aromatic hydroxyl groups is 1. The van der Waals surface area contributed by atoms with Crippen LogP contribution < -0.4 is 4.74 Å². The molecule has 1 heterocycles. The van der Waals surface area contributed by atoms with Gasteiger partial charge in [-0.25, -0.2) is 0 Å². The highest BCUT2D eigenvalue weighted by Gasteiger charge is 2.34. The third-order valence-electron chi connectivity index (χ3n) is 2.62. The average molecular weight is 289 g/mol. The van der Waals surface area contributed by atoms with Gasteiger partial charge < -0.3 is 9.84 Å². The molecule has 1 aromatic carbocycles. The molecule has 0 aliphatic carbocycles. The van der Waals surface area contributed by atoms with E-state index in [1.165, 1.54) is 13.2 Å². The molecule has 1 N–H and O–H groups in total. The van der Waals surface area contributed by atoms with Crippen LogP contribution in [0.1, 0.15) is 5.56 Å². The number of amides is 2. The number of rotatable bonds is 3. The third-order valence-corrected chi connectivity index (χ3v) is 3.53. The molecular formula is C14H11NO4S. The zero-order valence-corrected chi connectivity index (χ0v) is 11.4. The Morgan fingerprint density at radius 3 is 2.90 bits per heavy atom. The standard InChI is InChI=1S/C14H11NO4S/c1-3-6-15-13(17)12(20-14(15)18)8-9-4-5-10(16)11(7-9)19-2/h1,4-5,7-8,16H,6H2,2H3. The lowest BCUT2D eigenvalue weighted by atomic mass is 10.2. The van der Waals surface area contributed by atoms with Crippen molar-refractivity contribution in [2.24, 2.45) is 0 Å². The fourth-order valence-electron chi connectivity index (χ4n) is 1.66. The normalized spacial score (nSPS) is 16.6. The SMILES string of the molecule is C#CCN1C(=O)SC(=Cc2ccc(O)c(OC)c2)C1=O. The van der Waals surface area contributed by atoms with Gasteiger partial charge >= 0.3 is 0 Å². The van der Waals surface area contributed by atoms with Crippen LogP contribution >= 0.6 is 11.8 Å². The fourth-order valence-corrected chi connectivity index (χ4v) is 2.50. The number of hydrogen-bond acceptors (Lipinski definition) is 5. The Morgan fingerprint density at radius 2 is 2.25 bits per heavy atom. The zero-order chi connectivity index (χ0) is 14.7. The second-order valence-electron chi connectivity index (χ2n) is 3.90. The fraction of sp³-hybridized carbons (Fsp3) is 0.143. The number of methoxy groups -OCH3 is 1. The minimum atomic E-state index is -0.412. The second kappa shape index (κ2) is 5.72. The first-order chi connectivity index (χ1) is 9.56. The summed E-state index contributed by atoms with van der Waals surface area (Å²) in [5.74, 6) is 2.16. The highest BCUT2D eigenvalue weighted by atomic mass is 32.2. The van der Waals surface area contributed by atoms with Crippen molar-refractivity contribution in [2.75, 3.05) is 13.7 Å². The van der Waals surface area contributed by atoms with E-state index in [0.29, 0.717) is 11.3 Å². The summed E-state index contributed by atoms with van der Waals surface area (Å²) in [6.07, 6.45) is 6.68. The van der Waals surface area contributed by atoms with Crippen LogP contribution in [0.25, 0.3) is 6.08 Å². The molecule has 20 heavy (non-hydrogen) atoms. The van der Waals surface area contributed by atoms with Crippen molar-refractivity contribution in [3.8, 4) is 23.8 Å². The number of imide groups is 1. The molecule has 0 bridgehead atoms. The van der Waals surface area contributed by atoms with Crippen LogP contribution in [0.4, 0.5) is 4.79 Å². The molecule has 0 spiro atoms. The van der Waals surface area contributed by atoms with Gasteiger partial charge in [0.25, 0.3) is 11.1 Å². The highest BCUT2D eigenvalue weighted by Crippen LogP contribution is 2.33. The topological polar surface area (TPSA) is 66.8 Å². The Bertz CT molecular complexity index is 645. The second-order valence-corrected chi connectivity index (χ2v) is 4.90. The molecule has 1 saturated heterocycles. The van der Waals surface area contributed by atoms with E-state index in [2.05, 4.69) is 5.92 Å². The summed E-state index contributed by atoms with van der Waals surface area (Å²) in [5, 5.41) is 9.12. The predicted molar refractivity (Wildman–Crippen MR) is 76.2 cm³/mol.